The molecule has 1 aromatic heterocycles. The highest BCUT2D eigenvalue weighted by Crippen LogP contribution is 2.16. The zero-order chi connectivity index (χ0) is 9.14. The first-order valence-electron chi connectivity index (χ1n) is 3.12. The molecule has 12 heavy (non-hydrogen) atoms. The zero-order valence-electron chi connectivity index (χ0n) is 6.27. The predicted molar refractivity (Wildman–Crippen MR) is 38.8 cm³/mol. The summed E-state index contributed by atoms with van der Waals surface area (Å²) < 4.78 is 0. The molecule has 0 saturated heterocycles. The van der Waals surface area contributed by atoms with Crippen LogP contribution in [0.15, 0.2) is 6.20 Å². The molecule has 0 aromatic carbocycles. The molecule has 0 unspecified atom stereocenters. The molecule has 0 aliphatic rings. The van der Waals surface area contributed by atoms with E-state index >= 15 is 0 Å². The quantitative estimate of drug-likeness (QED) is 0.514. The van der Waals surface area contributed by atoms with Crippen LogP contribution in [0.3, 0.4) is 0 Å². The maximum atomic E-state index is 10.9. The van der Waals surface area contributed by atoms with Gasteiger partial charge in [0.1, 0.15) is 0 Å². The van der Waals surface area contributed by atoms with E-state index in [1.165, 1.54) is 7.05 Å². The second-order valence-corrected chi connectivity index (χ2v) is 1.98. The van der Waals surface area contributed by atoms with E-state index in [0.29, 0.717) is 0 Å². The molecule has 0 aliphatic carbocycles. The van der Waals surface area contributed by atoms with Crippen LogP contribution in [0, 0.1) is 0 Å². The number of hydrogen-bond donors (Lipinski definition) is 3. The molecule has 0 fully saturated rings. The smallest absolute Gasteiger partial charge is 0.276 e. The second kappa shape index (κ2) is 3.04. The Morgan fingerprint density at radius 3 is 2.67 bits per heavy atom. The molecule has 1 amide bonds. The van der Waals surface area contributed by atoms with Crippen LogP contribution < -0.4 is 5.32 Å². The van der Waals surface area contributed by atoms with Gasteiger partial charge in [-0.05, 0) is 0 Å². The molecule has 3 N–H and O–H groups in total. The van der Waals surface area contributed by atoms with E-state index in [4.69, 9.17) is 10.2 Å². The van der Waals surface area contributed by atoms with Gasteiger partial charge in [0.15, 0.2) is 5.69 Å². The third-order valence-electron chi connectivity index (χ3n) is 1.20. The Labute approximate surface area is 67.9 Å². The average molecular weight is 169 g/mol. The summed E-state index contributed by atoms with van der Waals surface area (Å²) in [6.07, 6.45) is 1.06. The minimum Gasteiger partial charge on any atom is -0.489 e. The monoisotopic (exact) mass is 169 g/mol. The summed E-state index contributed by atoms with van der Waals surface area (Å²) >= 11 is 0. The van der Waals surface area contributed by atoms with E-state index < -0.39 is 17.7 Å². The van der Waals surface area contributed by atoms with Crippen LogP contribution in [0.1, 0.15) is 10.5 Å². The fourth-order valence-electron chi connectivity index (χ4n) is 0.610. The van der Waals surface area contributed by atoms with Gasteiger partial charge < -0.3 is 15.5 Å². The van der Waals surface area contributed by atoms with Crippen molar-refractivity contribution in [2.75, 3.05) is 7.05 Å². The van der Waals surface area contributed by atoms with E-state index in [2.05, 4.69) is 15.3 Å². The molecule has 0 spiro atoms. The van der Waals surface area contributed by atoms with E-state index in [-0.39, 0.29) is 5.69 Å². The highest BCUT2D eigenvalue weighted by atomic mass is 16.3. The number of aromatic hydroxyl groups is 2. The van der Waals surface area contributed by atoms with Gasteiger partial charge in [-0.2, -0.15) is 0 Å². The van der Waals surface area contributed by atoms with Gasteiger partial charge in [0.2, 0.25) is 0 Å². The minimum atomic E-state index is -0.656. The lowest BCUT2D eigenvalue weighted by Gasteiger charge is -1.98. The van der Waals surface area contributed by atoms with Crippen LogP contribution in [0.5, 0.6) is 11.8 Å². The van der Waals surface area contributed by atoms with Crippen molar-refractivity contribution in [3.8, 4) is 11.8 Å². The highest BCUT2D eigenvalue weighted by molar-refractivity contribution is 5.91. The molecule has 1 aromatic rings. The molecular weight excluding hydrogens is 162 g/mol. The van der Waals surface area contributed by atoms with Crippen molar-refractivity contribution in [3.63, 3.8) is 0 Å². The summed E-state index contributed by atoms with van der Waals surface area (Å²) in [6.45, 7) is 0. The summed E-state index contributed by atoms with van der Waals surface area (Å²) in [4.78, 5) is 17.6. The van der Waals surface area contributed by atoms with Crippen LogP contribution >= 0.6 is 0 Å². The molecule has 0 aliphatic heterocycles. The summed E-state index contributed by atoms with van der Waals surface area (Å²) in [5.74, 6) is -1.73. The zero-order valence-corrected chi connectivity index (χ0v) is 6.27. The summed E-state index contributed by atoms with van der Waals surface area (Å²) in [5, 5.41) is 19.9. The van der Waals surface area contributed by atoms with Crippen molar-refractivity contribution < 1.29 is 15.0 Å². The van der Waals surface area contributed by atoms with Gasteiger partial charge in [-0.25, -0.2) is 9.97 Å². The standard InChI is InChI=1S/C6H7N3O3/c1-7-4(10)3-2-8-5(11)6(12)9-3/h2H,1H3,(H,7,10)(H,8,11)(H,9,12). The molecule has 6 heteroatoms. The molecule has 0 bridgehead atoms. The van der Waals surface area contributed by atoms with Gasteiger partial charge in [-0.3, -0.25) is 4.79 Å². The largest absolute Gasteiger partial charge is 0.489 e. The van der Waals surface area contributed by atoms with Crippen molar-refractivity contribution in [1.29, 1.82) is 0 Å². The number of amides is 1. The number of hydrogen-bond acceptors (Lipinski definition) is 5. The summed E-state index contributed by atoms with van der Waals surface area (Å²) in [5.41, 5.74) is -0.0483. The SMILES string of the molecule is CNC(=O)c1cnc(O)c(O)n1. The molecular formula is C6H7N3O3. The van der Waals surface area contributed by atoms with Gasteiger partial charge >= 0.3 is 0 Å². The highest BCUT2D eigenvalue weighted by Gasteiger charge is 2.09. The van der Waals surface area contributed by atoms with Crippen molar-refractivity contribution in [2.24, 2.45) is 0 Å². The number of rotatable bonds is 1. The number of nitrogens with zero attached hydrogens (tertiary/aromatic N) is 2. The maximum Gasteiger partial charge on any atom is 0.276 e. The van der Waals surface area contributed by atoms with Crippen molar-refractivity contribution >= 4 is 5.91 Å². The number of carbonyl (C=O) groups excluding carboxylic acids is 1. The van der Waals surface area contributed by atoms with Crippen molar-refractivity contribution in [1.82, 2.24) is 15.3 Å². The van der Waals surface area contributed by atoms with Crippen molar-refractivity contribution in [2.45, 2.75) is 0 Å². The van der Waals surface area contributed by atoms with E-state index in [1.807, 2.05) is 0 Å². The Hall–Kier alpha value is -1.85. The molecule has 0 atom stereocenters. The Morgan fingerprint density at radius 2 is 2.17 bits per heavy atom. The van der Waals surface area contributed by atoms with Gasteiger partial charge in [-0.15, -0.1) is 0 Å². The molecule has 1 rings (SSSR count). The Morgan fingerprint density at radius 1 is 1.50 bits per heavy atom. The van der Waals surface area contributed by atoms with E-state index in [1.54, 1.807) is 0 Å². The minimum absolute atomic E-state index is 0.0483. The first-order valence-corrected chi connectivity index (χ1v) is 3.12. The maximum absolute atomic E-state index is 10.9. The lowest BCUT2D eigenvalue weighted by atomic mass is 10.4. The fourth-order valence-corrected chi connectivity index (χ4v) is 0.610. The van der Waals surface area contributed by atoms with E-state index in [9.17, 15) is 4.79 Å². The fraction of sp³-hybridized carbons (Fsp3) is 0.167. The van der Waals surface area contributed by atoms with Crippen LogP contribution in [0.25, 0.3) is 0 Å². The lowest BCUT2D eigenvalue weighted by molar-refractivity contribution is 0.0956. The normalized spacial score (nSPS) is 9.42. The molecule has 0 radical (unpaired) electrons. The number of aromatic nitrogens is 2. The summed E-state index contributed by atoms with van der Waals surface area (Å²) in [7, 11) is 1.42. The molecule has 64 valence electrons. The van der Waals surface area contributed by atoms with E-state index in [0.717, 1.165) is 6.20 Å². The lowest BCUT2D eigenvalue weighted by Crippen LogP contribution is -2.19. The average Bonchev–Trinajstić information content (AvgIpc) is 2.08. The second-order valence-electron chi connectivity index (χ2n) is 1.98. The Bertz CT molecular complexity index is 313. The third kappa shape index (κ3) is 1.42. The van der Waals surface area contributed by atoms with Gasteiger partial charge in [0, 0.05) is 7.05 Å². The van der Waals surface area contributed by atoms with Crippen LogP contribution in [0.4, 0.5) is 0 Å². The van der Waals surface area contributed by atoms with Crippen LogP contribution in [-0.2, 0) is 0 Å². The van der Waals surface area contributed by atoms with Gasteiger partial charge in [0.05, 0.1) is 6.20 Å². The van der Waals surface area contributed by atoms with Gasteiger partial charge in [-0.1, -0.05) is 0 Å². The molecule has 1 heterocycles. The third-order valence-corrected chi connectivity index (χ3v) is 1.20. The summed E-state index contributed by atoms with van der Waals surface area (Å²) in [6, 6.07) is 0. The topological polar surface area (TPSA) is 95.3 Å². The number of carbonyl (C=O) groups is 1. The number of nitrogens with one attached hydrogen (secondary N) is 1. The van der Waals surface area contributed by atoms with Crippen molar-refractivity contribution in [3.05, 3.63) is 11.9 Å². The molecule has 0 saturated carbocycles. The van der Waals surface area contributed by atoms with Gasteiger partial charge in [0.25, 0.3) is 17.7 Å². The molecule has 6 nitrogen and oxygen atoms in total. The first kappa shape index (κ1) is 8.25. The first-order chi connectivity index (χ1) is 5.65. The van der Waals surface area contributed by atoms with Crippen LogP contribution in [-0.4, -0.2) is 33.1 Å². The predicted octanol–water partition coefficient (Wildman–Crippen LogP) is -0.753. The Balaban J connectivity index is 3.05. The Kier molecular flexibility index (Phi) is 2.09. The van der Waals surface area contributed by atoms with Crippen LogP contribution in [0.2, 0.25) is 0 Å².